The molecule has 2 rings (SSSR count). The van der Waals surface area contributed by atoms with Crippen molar-refractivity contribution in [1.82, 2.24) is 9.88 Å². The minimum absolute atomic E-state index is 0.0402. The van der Waals surface area contributed by atoms with Gasteiger partial charge in [0.15, 0.2) is 0 Å². The number of amides is 1. The van der Waals surface area contributed by atoms with E-state index in [2.05, 4.69) is 17.2 Å². The van der Waals surface area contributed by atoms with E-state index in [1.807, 2.05) is 24.8 Å². The maximum Gasteiger partial charge on any atom is 0.257 e. The zero-order valence-electron chi connectivity index (χ0n) is 13.2. The van der Waals surface area contributed by atoms with Gasteiger partial charge in [-0.25, -0.2) is 0 Å². The van der Waals surface area contributed by atoms with Crippen molar-refractivity contribution in [2.45, 2.75) is 39.7 Å². The largest absolute Gasteiger partial charge is 0.384 e. The summed E-state index contributed by atoms with van der Waals surface area (Å²) in [6.07, 6.45) is 3.67. The molecule has 0 bridgehead atoms. The van der Waals surface area contributed by atoms with Gasteiger partial charge in [0.1, 0.15) is 0 Å². The Balaban J connectivity index is 2.20. The van der Waals surface area contributed by atoms with Crippen molar-refractivity contribution in [3.8, 4) is 0 Å². The van der Waals surface area contributed by atoms with Crippen LogP contribution in [0, 0.1) is 6.92 Å². The zero-order chi connectivity index (χ0) is 15.2. The Hall–Kier alpha value is -1.62. The number of nitrogens with zero attached hydrogens (tertiary/aromatic N) is 2. The van der Waals surface area contributed by atoms with Gasteiger partial charge in [0.25, 0.3) is 5.91 Å². The maximum atomic E-state index is 12.8. The molecule has 1 N–H and O–H groups in total. The Kier molecular flexibility index (Phi) is 5.56. The van der Waals surface area contributed by atoms with Crippen molar-refractivity contribution in [2.75, 3.05) is 31.6 Å². The quantitative estimate of drug-likeness (QED) is 0.926. The van der Waals surface area contributed by atoms with E-state index in [0.29, 0.717) is 12.1 Å². The zero-order valence-corrected chi connectivity index (χ0v) is 13.2. The van der Waals surface area contributed by atoms with E-state index in [9.17, 15) is 4.79 Å². The summed E-state index contributed by atoms with van der Waals surface area (Å²) in [4.78, 5) is 18.9. The fraction of sp³-hybridized carbons (Fsp3) is 0.625. The Bertz CT molecular complexity index is 490. The van der Waals surface area contributed by atoms with E-state index < -0.39 is 0 Å². The summed E-state index contributed by atoms with van der Waals surface area (Å²) < 4.78 is 5.61. The van der Waals surface area contributed by atoms with Crippen LogP contribution >= 0.6 is 0 Å². The number of nitrogens with one attached hydrogen (secondary N) is 1. The molecule has 0 radical (unpaired) electrons. The van der Waals surface area contributed by atoms with Gasteiger partial charge in [0.2, 0.25) is 0 Å². The molecule has 1 aliphatic rings. The number of hydrogen-bond donors (Lipinski definition) is 1. The number of aryl methyl sites for hydroxylation is 1. The molecule has 1 aromatic heterocycles. The molecule has 1 saturated heterocycles. The summed E-state index contributed by atoms with van der Waals surface area (Å²) in [6.45, 7) is 9.00. The first-order valence-corrected chi connectivity index (χ1v) is 7.73. The van der Waals surface area contributed by atoms with Crippen LogP contribution in [0.15, 0.2) is 12.3 Å². The van der Waals surface area contributed by atoms with Crippen LogP contribution in [0.4, 0.5) is 5.69 Å². The number of carbonyl (C=O) groups is 1. The topological polar surface area (TPSA) is 54.5 Å². The van der Waals surface area contributed by atoms with Crippen molar-refractivity contribution in [3.63, 3.8) is 0 Å². The van der Waals surface area contributed by atoms with Gasteiger partial charge in [0.05, 0.1) is 17.4 Å². The molecule has 21 heavy (non-hydrogen) atoms. The summed E-state index contributed by atoms with van der Waals surface area (Å²) in [7, 11) is 0. The van der Waals surface area contributed by atoms with Crippen LogP contribution in [0.2, 0.25) is 0 Å². The van der Waals surface area contributed by atoms with Crippen molar-refractivity contribution in [1.29, 1.82) is 0 Å². The first-order valence-electron chi connectivity index (χ1n) is 7.73. The number of rotatable bonds is 4. The summed E-state index contributed by atoms with van der Waals surface area (Å²) in [5.74, 6) is 0.0402. The number of pyridine rings is 1. The summed E-state index contributed by atoms with van der Waals surface area (Å²) in [6, 6.07) is 1.95. The molecule has 1 amide bonds. The minimum atomic E-state index is 0.0402. The lowest BCUT2D eigenvalue weighted by Gasteiger charge is -2.23. The Morgan fingerprint density at radius 3 is 3.14 bits per heavy atom. The molecule has 2 heterocycles. The summed E-state index contributed by atoms with van der Waals surface area (Å²) in [5, 5.41) is 3.33. The fourth-order valence-corrected chi connectivity index (χ4v) is 2.49. The second-order valence-corrected chi connectivity index (χ2v) is 5.58. The number of ether oxygens (including phenoxy) is 1. The smallest absolute Gasteiger partial charge is 0.257 e. The lowest BCUT2D eigenvalue weighted by atomic mass is 10.1. The summed E-state index contributed by atoms with van der Waals surface area (Å²) in [5.41, 5.74) is 2.45. The van der Waals surface area contributed by atoms with Gasteiger partial charge in [0, 0.05) is 38.1 Å². The van der Waals surface area contributed by atoms with E-state index in [1.165, 1.54) is 0 Å². The molecule has 0 saturated carbocycles. The predicted octanol–water partition coefficient (Wildman–Crippen LogP) is 2.46. The number of hydrogen-bond acceptors (Lipinski definition) is 4. The first-order chi connectivity index (χ1) is 10.1. The van der Waals surface area contributed by atoms with Crippen molar-refractivity contribution in [2.24, 2.45) is 0 Å². The van der Waals surface area contributed by atoms with Crippen LogP contribution < -0.4 is 5.32 Å². The third kappa shape index (κ3) is 4.17. The van der Waals surface area contributed by atoms with E-state index in [-0.39, 0.29) is 12.0 Å². The monoisotopic (exact) mass is 291 g/mol. The van der Waals surface area contributed by atoms with Gasteiger partial charge in [-0.2, -0.15) is 0 Å². The minimum Gasteiger partial charge on any atom is -0.384 e. The van der Waals surface area contributed by atoms with E-state index in [0.717, 1.165) is 43.9 Å². The van der Waals surface area contributed by atoms with Gasteiger partial charge in [-0.3, -0.25) is 9.78 Å². The van der Waals surface area contributed by atoms with Crippen LogP contribution in [0.25, 0.3) is 0 Å². The molecule has 5 nitrogen and oxygen atoms in total. The molecule has 1 aliphatic heterocycles. The molecular formula is C16H25N3O2. The van der Waals surface area contributed by atoms with E-state index in [4.69, 9.17) is 4.74 Å². The van der Waals surface area contributed by atoms with Gasteiger partial charge in [-0.05, 0) is 32.8 Å². The average molecular weight is 291 g/mol. The molecule has 1 atom stereocenters. The standard InChI is InChI=1S/C16H25N3O2/c1-4-6-17-15-9-12(2)18-10-14(15)16(20)19-7-5-8-21-13(3)11-19/h9-10,13H,4-8,11H2,1-3H3,(H,17,18). The molecule has 1 aromatic rings. The lowest BCUT2D eigenvalue weighted by Crippen LogP contribution is -2.36. The highest BCUT2D eigenvalue weighted by Gasteiger charge is 2.23. The van der Waals surface area contributed by atoms with Crippen LogP contribution in [0.5, 0.6) is 0 Å². The molecule has 0 aliphatic carbocycles. The van der Waals surface area contributed by atoms with Crippen molar-refractivity contribution < 1.29 is 9.53 Å². The molecular weight excluding hydrogens is 266 g/mol. The molecule has 116 valence electrons. The number of carbonyl (C=O) groups excluding carboxylic acids is 1. The Morgan fingerprint density at radius 2 is 2.38 bits per heavy atom. The highest BCUT2D eigenvalue weighted by molar-refractivity contribution is 5.99. The Morgan fingerprint density at radius 1 is 1.57 bits per heavy atom. The molecule has 5 heteroatoms. The average Bonchev–Trinajstić information content (AvgIpc) is 2.69. The van der Waals surface area contributed by atoms with Gasteiger partial charge < -0.3 is 15.0 Å². The Labute approximate surface area is 126 Å². The predicted molar refractivity (Wildman–Crippen MR) is 83.7 cm³/mol. The van der Waals surface area contributed by atoms with Crippen LogP contribution in [-0.4, -0.2) is 48.1 Å². The second kappa shape index (κ2) is 7.41. The van der Waals surface area contributed by atoms with Crippen LogP contribution in [0.3, 0.4) is 0 Å². The highest BCUT2D eigenvalue weighted by atomic mass is 16.5. The highest BCUT2D eigenvalue weighted by Crippen LogP contribution is 2.19. The fourth-order valence-electron chi connectivity index (χ4n) is 2.49. The first kappa shape index (κ1) is 15.8. The summed E-state index contributed by atoms with van der Waals surface area (Å²) >= 11 is 0. The van der Waals surface area contributed by atoms with Crippen LogP contribution in [-0.2, 0) is 4.74 Å². The van der Waals surface area contributed by atoms with Crippen LogP contribution in [0.1, 0.15) is 42.7 Å². The third-order valence-corrected chi connectivity index (χ3v) is 3.58. The molecule has 1 unspecified atom stereocenters. The van der Waals surface area contributed by atoms with Crippen molar-refractivity contribution >= 4 is 11.6 Å². The molecule has 0 spiro atoms. The number of aromatic nitrogens is 1. The normalized spacial score (nSPS) is 19.2. The second-order valence-electron chi connectivity index (χ2n) is 5.58. The van der Waals surface area contributed by atoms with Gasteiger partial charge in [-0.1, -0.05) is 6.92 Å². The number of anilines is 1. The van der Waals surface area contributed by atoms with E-state index in [1.54, 1.807) is 6.20 Å². The lowest BCUT2D eigenvalue weighted by molar-refractivity contribution is 0.0563. The third-order valence-electron chi connectivity index (χ3n) is 3.58. The SMILES string of the molecule is CCCNc1cc(C)ncc1C(=O)N1CCCOC(C)C1. The van der Waals surface area contributed by atoms with Gasteiger partial charge >= 0.3 is 0 Å². The van der Waals surface area contributed by atoms with Gasteiger partial charge in [-0.15, -0.1) is 0 Å². The molecule has 1 fully saturated rings. The van der Waals surface area contributed by atoms with E-state index >= 15 is 0 Å². The maximum absolute atomic E-state index is 12.8. The molecule has 0 aromatic carbocycles. The van der Waals surface area contributed by atoms with Crippen molar-refractivity contribution in [3.05, 3.63) is 23.5 Å².